The van der Waals surface area contributed by atoms with Gasteiger partial charge >= 0.3 is 0 Å². The first kappa shape index (κ1) is 16.8. The van der Waals surface area contributed by atoms with Crippen LogP contribution in [-0.4, -0.2) is 30.9 Å². The Morgan fingerprint density at radius 1 is 1.00 bits per heavy atom. The van der Waals surface area contributed by atoms with Crippen molar-refractivity contribution < 1.29 is 4.79 Å². The molecule has 4 rings (SSSR count). The van der Waals surface area contributed by atoms with E-state index in [0.29, 0.717) is 0 Å². The van der Waals surface area contributed by atoms with Gasteiger partial charge in [-0.3, -0.25) is 9.69 Å². The molecule has 1 N–H and O–H groups in total. The zero-order chi connectivity index (χ0) is 17.9. The number of nitrogens with zero attached hydrogens (tertiary/aromatic N) is 1. The van der Waals surface area contributed by atoms with Crippen molar-refractivity contribution in [3.63, 3.8) is 0 Å². The summed E-state index contributed by atoms with van der Waals surface area (Å²) in [5, 5.41) is 5.31. The van der Waals surface area contributed by atoms with E-state index in [1.807, 2.05) is 0 Å². The van der Waals surface area contributed by atoms with E-state index < -0.39 is 0 Å². The number of nitrogens with one attached hydrogen (secondary N) is 1. The van der Waals surface area contributed by atoms with Gasteiger partial charge in [0.25, 0.3) is 0 Å². The number of carbonyl (C=O) groups is 1. The molecule has 132 valence electrons. The lowest BCUT2D eigenvalue weighted by molar-refractivity contribution is -0.124. The Bertz CT molecular complexity index is 934. The third-order valence-corrected chi connectivity index (χ3v) is 5.31. The molecular formula is C23H24N2O. The lowest BCUT2D eigenvalue weighted by atomic mass is 9.99. The van der Waals surface area contributed by atoms with Crippen LogP contribution in [0.2, 0.25) is 0 Å². The van der Waals surface area contributed by atoms with Crippen LogP contribution in [0, 0.1) is 5.92 Å². The maximum absolute atomic E-state index is 11.8. The second-order valence-electron chi connectivity index (χ2n) is 7.10. The summed E-state index contributed by atoms with van der Waals surface area (Å²) >= 11 is 0. The van der Waals surface area contributed by atoms with Gasteiger partial charge in [0.1, 0.15) is 0 Å². The molecule has 0 unspecified atom stereocenters. The average Bonchev–Trinajstić information content (AvgIpc) is 3.15. The standard InChI is InChI=1S/C23H24N2O/c1-24-23(26)22-11-12-25(16-22)15-17-5-4-8-19(13-17)21-10-9-18-6-2-3-7-20(18)14-21/h2-10,13-14,22H,11-12,15-16H2,1H3,(H,24,26)/t22-/m1/s1. The van der Waals surface area contributed by atoms with Crippen LogP contribution < -0.4 is 5.32 Å². The second kappa shape index (κ2) is 7.30. The molecule has 3 aromatic carbocycles. The summed E-state index contributed by atoms with van der Waals surface area (Å²) in [5.41, 5.74) is 3.79. The molecule has 1 saturated heterocycles. The first-order valence-electron chi connectivity index (χ1n) is 9.25. The summed E-state index contributed by atoms with van der Waals surface area (Å²) in [4.78, 5) is 14.2. The van der Waals surface area contributed by atoms with Crippen LogP contribution in [0.1, 0.15) is 12.0 Å². The summed E-state index contributed by atoms with van der Waals surface area (Å²) in [5.74, 6) is 0.293. The Hall–Kier alpha value is -2.65. The van der Waals surface area contributed by atoms with Gasteiger partial charge in [0, 0.05) is 20.1 Å². The molecule has 26 heavy (non-hydrogen) atoms. The first-order chi connectivity index (χ1) is 12.7. The molecule has 0 aromatic heterocycles. The quantitative estimate of drug-likeness (QED) is 0.774. The first-order valence-corrected chi connectivity index (χ1v) is 9.25. The number of benzene rings is 3. The Kier molecular flexibility index (Phi) is 4.72. The summed E-state index contributed by atoms with van der Waals surface area (Å²) in [7, 11) is 1.72. The third-order valence-electron chi connectivity index (χ3n) is 5.31. The number of rotatable bonds is 4. The van der Waals surface area contributed by atoms with Gasteiger partial charge in [-0.2, -0.15) is 0 Å². The second-order valence-corrected chi connectivity index (χ2v) is 7.10. The molecule has 3 heteroatoms. The van der Waals surface area contributed by atoms with E-state index in [1.54, 1.807) is 7.05 Å². The molecule has 1 amide bonds. The minimum Gasteiger partial charge on any atom is -0.359 e. The topological polar surface area (TPSA) is 32.3 Å². The average molecular weight is 344 g/mol. The Balaban J connectivity index is 1.52. The van der Waals surface area contributed by atoms with Crippen LogP contribution in [-0.2, 0) is 11.3 Å². The van der Waals surface area contributed by atoms with Crippen molar-refractivity contribution in [2.24, 2.45) is 5.92 Å². The fraction of sp³-hybridized carbons (Fsp3) is 0.261. The predicted octanol–water partition coefficient (Wildman–Crippen LogP) is 4.07. The number of likely N-dealkylation sites (tertiary alicyclic amines) is 1. The Labute approximate surface area is 154 Å². The molecule has 1 aliphatic heterocycles. The van der Waals surface area contributed by atoms with Gasteiger partial charge in [-0.15, -0.1) is 0 Å². The number of fused-ring (bicyclic) bond motifs is 1. The van der Waals surface area contributed by atoms with Crippen molar-refractivity contribution in [1.29, 1.82) is 0 Å². The number of hydrogen-bond acceptors (Lipinski definition) is 2. The maximum atomic E-state index is 11.8. The monoisotopic (exact) mass is 344 g/mol. The van der Waals surface area contributed by atoms with Gasteiger partial charge in [-0.25, -0.2) is 0 Å². The lowest BCUT2D eigenvalue weighted by Gasteiger charge is -2.16. The zero-order valence-electron chi connectivity index (χ0n) is 15.1. The SMILES string of the molecule is CNC(=O)[C@@H]1CCN(Cc2cccc(-c3ccc4ccccc4c3)c2)C1. The molecule has 1 fully saturated rings. The predicted molar refractivity (Wildman–Crippen MR) is 107 cm³/mol. The normalized spacial score (nSPS) is 17.5. The van der Waals surface area contributed by atoms with Crippen molar-refractivity contribution >= 4 is 16.7 Å². The van der Waals surface area contributed by atoms with E-state index >= 15 is 0 Å². The van der Waals surface area contributed by atoms with Crippen molar-refractivity contribution in [2.45, 2.75) is 13.0 Å². The highest BCUT2D eigenvalue weighted by molar-refractivity contribution is 5.87. The minimum atomic E-state index is 0.128. The maximum Gasteiger partial charge on any atom is 0.224 e. The molecule has 3 nitrogen and oxygen atoms in total. The van der Waals surface area contributed by atoms with Gasteiger partial charge in [-0.05, 0) is 52.6 Å². The Morgan fingerprint density at radius 2 is 1.81 bits per heavy atom. The molecule has 0 bridgehead atoms. The summed E-state index contributed by atoms with van der Waals surface area (Å²) in [6, 6.07) is 23.9. The lowest BCUT2D eigenvalue weighted by Crippen LogP contribution is -2.30. The molecule has 0 saturated carbocycles. The van der Waals surface area contributed by atoms with E-state index in [2.05, 4.69) is 76.9 Å². The molecule has 0 spiro atoms. The number of hydrogen-bond donors (Lipinski definition) is 1. The molecule has 1 aliphatic rings. The summed E-state index contributed by atoms with van der Waals surface area (Å²) in [6.45, 7) is 2.73. The fourth-order valence-corrected chi connectivity index (χ4v) is 3.87. The molecule has 1 atom stereocenters. The highest BCUT2D eigenvalue weighted by atomic mass is 16.1. The van der Waals surface area contributed by atoms with Crippen LogP contribution in [0.15, 0.2) is 66.7 Å². The Morgan fingerprint density at radius 3 is 2.65 bits per heavy atom. The van der Waals surface area contributed by atoms with Crippen molar-refractivity contribution in [3.8, 4) is 11.1 Å². The van der Waals surface area contributed by atoms with Crippen molar-refractivity contribution in [3.05, 3.63) is 72.3 Å². The van der Waals surface area contributed by atoms with E-state index in [0.717, 1.165) is 26.1 Å². The molecule has 3 aromatic rings. The van der Waals surface area contributed by atoms with Gasteiger partial charge < -0.3 is 5.32 Å². The van der Waals surface area contributed by atoms with Crippen LogP contribution in [0.25, 0.3) is 21.9 Å². The van der Waals surface area contributed by atoms with Crippen LogP contribution in [0.4, 0.5) is 0 Å². The zero-order valence-corrected chi connectivity index (χ0v) is 15.1. The highest BCUT2D eigenvalue weighted by Crippen LogP contribution is 2.26. The fourth-order valence-electron chi connectivity index (χ4n) is 3.87. The summed E-state index contributed by atoms with van der Waals surface area (Å²) in [6.07, 6.45) is 0.948. The van der Waals surface area contributed by atoms with E-state index in [1.165, 1.54) is 27.5 Å². The van der Waals surface area contributed by atoms with Crippen LogP contribution in [0.5, 0.6) is 0 Å². The molecule has 0 aliphatic carbocycles. The highest BCUT2D eigenvalue weighted by Gasteiger charge is 2.27. The van der Waals surface area contributed by atoms with Gasteiger partial charge in [0.15, 0.2) is 0 Å². The van der Waals surface area contributed by atoms with Crippen LogP contribution in [0.3, 0.4) is 0 Å². The molecule has 0 radical (unpaired) electrons. The van der Waals surface area contributed by atoms with Crippen molar-refractivity contribution in [2.75, 3.05) is 20.1 Å². The number of carbonyl (C=O) groups excluding carboxylic acids is 1. The van der Waals surface area contributed by atoms with Gasteiger partial charge in [0.2, 0.25) is 5.91 Å². The van der Waals surface area contributed by atoms with E-state index in [9.17, 15) is 4.79 Å². The third kappa shape index (κ3) is 3.49. The van der Waals surface area contributed by atoms with E-state index in [4.69, 9.17) is 0 Å². The van der Waals surface area contributed by atoms with Crippen molar-refractivity contribution in [1.82, 2.24) is 10.2 Å². The molecule has 1 heterocycles. The number of amides is 1. The minimum absolute atomic E-state index is 0.128. The summed E-state index contributed by atoms with van der Waals surface area (Å²) < 4.78 is 0. The van der Waals surface area contributed by atoms with Gasteiger partial charge in [-0.1, -0.05) is 54.6 Å². The van der Waals surface area contributed by atoms with E-state index in [-0.39, 0.29) is 11.8 Å². The smallest absolute Gasteiger partial charge is 0.224 e. The molecular weight excluding hydrogens is 320 g/mol. The largest absolute Gasteiger partial charge is 0.359 e. The van der Waals surface area contributed by atoms with Crippen LogP contribution >= 0.6 is 0 Å². The van der Waals surface area contributed by atoms with Gasteiger partial charge in [0.05, 0.1) is 5.92 Å².